The molecule has 3 aromatic carbocycles. The number of aryl methyl sites for hydroxylation is 1. The molecule has 3 aromatic rings. The lowest BCUT2D eigenvalue weighted by molar-refractivity contribution is -0.131. The number of carbonyl (C=O) groups is 2. The fourth-order valence-corrected chi connectivity index (χ4v) is 3.63. The number of esters is 1. The van der Waals surface area contributed by atoms with Crippen molar-refractivity contribution in [1.82, 2.24) is 4.90 Å². The molecule has 0 radical (unpaired) electrons. The molecular weight excluding hydrogens is 452 g/mol. The molecule has 0 saturated carbocycles. The van der Waals surface area contributed by atoms with Crippen LogP contribution in [0.3, 0.4) is 0 Å². The maximum atomic E-state index is 12.7. The quantitative estimate of drug-likeness (QED) is 0.204. The molecule has 1 amide bonds. The Hall–Kier alpha value is -3.84. The van der Waals surface area contributed by atoms with Gasteiger partial charge in [0.25, 0.3) is 0 Å². The monoisotopic (exact) mass is 478 g/mol. The number of rotatable bonds is 9. The third-order valence-electron chi connectivity index (χ3n) is 5.16. The van der Waals surface area contributed by atoms with Crippen LogP contribution in [-0.2, 0) is 17.8 Å². The van der Waals surface area contributed by atoms with Crippen molar-refractivity contribution >= 4 is 35.1 Å². The van der Waals surface area contributed by atoms with E-state index in [1.807, 2.05) is 42.2 Å². The van der Waals surface area contributed by atoms with Crippen molar-refractivity contribution in [3.8, 4) is 5.75 Å². The minimum absolute atomic E-state index is 0.0575. The van der Waals surface area contributed by atoms with Crippen molar-refractivity contribution in [2.24, 2.45) is 16.5 Å². The summed E-state index contributed by atoms with van der Waals surface area (Å²) < 4.78 is 5.42. The van der Waals surface area contributed by atoms with E-state index >= 15 is 0 Å². The summed E-state index contributed by atoms with van der Waals surface area (Å²) in [4.78, 5) is 30.8. The van der Waals surface area contributed by atoms with Gasteiger partial charge in [0.2, 0.25) is 5.91 Å². The predicted molar refractivity (Wildman–Crippen MR) is 134 cm³/mol. The van der Waals surface area contributed by atoms with E-state index < -0.39 is 5.97 Å². The van der Waals surface area contributed by atoms with E-state index in [1.165, 1.54) is 0 Å². The number of aliphatic imine (C=N–C) groups is 1. The molecule has 0 unspecified atom stereocenters. The van der Waals surface area contributed by atoms with Crippen LogP contribution in [-0.4, -0.2) is 29.3 Å². The summed E-state index contributed by atoms with van der Waals surface area (Å²) in [5, 5.41) is 0.437. The number of halogens is 1. The van der Waals surface area contributed by atoms with Gasteiger partial charge in [0, 0.05) is 24.5 Å². The minimum atomic E-state index is -0.533. The minimum Gasteiger partial charge on any atom is -0.423 e. The highest BCUT2D eigenvalue weighted by Crippen LogP contribution is 2.25. The number of benzene rings is 3. The van der Waals surface area contributed by atoms with Crippen molar-refractivity contribution < 1.29 is 14.3 Å². The number of hydrogen-bond acceptors (Lipinski definition) is 4. The van der Waals surface area contributed by atoms with Crippen LogP contribution in [0.15, 0.2) is 77.8 Å². The fraction of sp³-hybridized carbons (Fsp3) is 0.192. The number of guanidine groups is 1. The van der Waals surface area contributed by atoms with Gasteiger partial charge in [-0.05, 0) is 60.9 Å². The molecule has 0 saturated heterocycles. The normalized spacial score (nSPS) is 10.4. The molecule has 0 aromatic heterocycles. The topological polar surface area (TPSA) is 111 Å². The molecule has 0 fully saturated rings. The second-order valence-corrected chi connectivity index (χ2v) is 8.03. The number of nitrogens with zero attached hydrogens (tertiary/aromatic N) is 2. The summed E-state index contributed by atoms with van der Waals surface area (Å²) >= 11 is 6.40. The first-order valence-electron chi connectivity index (χ1n) is 10.9. The van der Waals surface area contributed by atoms with E-state index in [-0.39, 0.29) is 11.9 Å². The van der Waals surface area contributed by atoms with Crippen LogP contribution in [0.25, 0.3) is 0 Å². The maximum Gasteiger partial charge on any atom is 0.343 e. The molecule has 0 atom stereocenters. The summed E-state index contributed by atoms with van der Waals surface area (Å²) in [5.41, 5.74) is 13.5. The Balaban J connectivity index is 1.57. The standard InChI is InChI=1S/C26H27ClN4O3/c1-2-31(17-18-6-4-3-5-7-18)24(32)15-11-19-10-14-22(16-23(19)27)34-25(33)20-8-12-21(13-9-20)30-26(28)29/h3-10,12-14,16H,2,11,15,17H2,1H3,(H4,28,29,30). The first-order chi connectivity index (χ1) is 16.4. The van der Waals surface area contributed by atoms with Gasteiger partial charge in [-0.2, -0.15) is 0 Å². The van der Waals surface area contributed by atoms with Gasteiger partial charge in [-0.25, -0.2) is 9.79 Å². The van der Waals surface area contributed by atoms with Crippen LogP contribution in [0.1, 0.15) is 34.8 Å². The molecular formula is C26H27ClN4O3. The largest absolute Gasteiger partial charge is 0.423 e. The number of ether oxygens (including phenoxy) is 1. The van der Waals surface area contributed by atoms with Gasteiger partial charge in [-0.15, -0.1) is 0 Å². The molecule has 34 heavy (non-hydrogen) atoms. The molecule has 4 N–H and O–H groups in total. The van der Waals surface area contributed by atoms with Crippen LogP contribution in [0.4, 0.5) is 5.69 Å². The molecule has 0 spiro atoms. The van der Waals surface area contributed by atoms with Crippen LogP contribution in [0.5, 0.6) is 5.75 Å². The SMILES string of the molecule is CCN(Cc1ccccc1)C(=O)CCc1ccc(OC(=O)c2ccc(N=C(N)N)cc2)cc1Cl. The first-order valence-corrected chi connectivity index (χ1v) is 11.3. The Kier molecular flexibility index (Phi) is 8.65. The number of hydrogen-bond donors (Lipinski definition) is 2. The Labute approximate surface area is 204 Å². The highest BCUT2D eigenvalue weighted by molar-refractivity contribution is 6.31. The van der Waals surface area contributed by atoms with E-state index in [2.05, 4.69) is 4.99 Å². The summed E-state index contributed by atoms with van der Waals surface area (Å²) in [5.74, 6) is -0.222. The van der Waals surface area contributed by atoms with E-state index in [4.69, 9.17) is 27.8 Å². The molecule has 0 aliphatic rings. The molecule has 3 rings (SSSR count). The molecule has 0 aliphatic carbocycles. The van der Waals surface area contributed by atoms with Crippen LogP contribution in [0.2, 0.25) is 5.02 Å². The summed E-state index contributed by atoms with van der Waals surface area (Å²) in [6.45, 7) is 3.17. The van der Waals surface area contributed by atoms with Crippen LogP contribution in [0, 0.1) is 0 Å². The zero-order valence-electron chi connectivity index (χ0n) is 18.9. The lowest BCUT2D eigenvalue weighted by Crippen LogP contribution is -2.30. The van der Waals surface area contributed by atoms with Crippen molar-refractivity contribution in [2.45, 2.75) is 26.3 Å². The Bertz CT molecular complexity index is 1160. The lowest BCUT2D eigenvalue weighted by Gasteiger charge is -2.21. The first kappa shape index (κ1) is 24.8. The van der Waals surface area contributed by atoms with Crippen molar-refractivity contribution in [2.75, 3.05) is 6.54 Å². The third kappa shape index (κ3) is 7.08. The van der Waals surface area contributed by atoms with Crippen LogP contribution < -0.4 is 16.2 Å². The summed E-state index contributed by atoms with van der Waals surface area (Å²) in [6, 6.07) is 21.3. The van der Waals surface area contributed by atoms with Crippen molar-refractivity contribution in [3.63, 3.8) is 0 Å². The highest BCUT2D eigenvalue weighted by Gasteiger charge is 2.14. The van der Waals surface area contributed by atoms with Crippen molar-refractivity contribution in [3.05, 3.63) is 94.5 Å². The maximum absolute atomic E-state index is 12.7. The third-order valence-corrected chi connectivity index (χ3v) is 5.51. The van der Waals surface area contributed by atoms with Gasteiger partial charge in [0.15, 0.2) is 5.96 Å². The van der Waals surface area contributed by atoms with Gasteiger partial charge < -0.3 is 21.1 Å². The van der Waals surface area contributed by atoms with Gasteiger partial charge in [-0.1, -0.05) is 48.0 Å². The number of nitrogens with two attached hydrogens (primary N) is 2. The predicted octanol–water partition coefficient (Wildman–Crippen LogP) is 4.45. The van der Waals surface area contributed by atoms with Gasteiger partial charge >= 0.3 is 5.97 Å². The van der Waals surface area contributed by atoms with E-state index in [9.17, 15) is 9.59 Å². The molecule has 0 bridgehead atoms. The van der Waals surface area contributed by atoms with E-state index in [0.29, 0.717) is 48.0 Å². The summed E-state index contributed by atoms with van der Waals surface area (Å²) in [7, 11) is 0. The van der Waals surface area contributed by atoms with Crippen LogP contribution >= 0.6 is 11.6 Å². The van der Waals surface area contributed by atoms with Crippen molar-refractivity contribution in [1.29, 1.82) is 0 Å². The zero-order chi connectivity index (χ0) is 24.5. The number of carbonyl (C=O) groups excluding carboxylic acids is 2. The van der Waals surface area contributed by atoms with E-state index in [0.717, 1.165) is 11.1 Å². The fourth-order valence-electron chi connectivity index (χ4n) is 3.36. The highest BCUT2D eigenvalue weighted by atomic mass is 35.5. The molecule has 0 aliphatic heterocycles. The molecule has 8 heteroatoms. The second kappa shape index (κ2) is 11.9. The Morgan fingerprint density at radius 3 is 2.32 bits per heavy atom. The van der Waals surface area contributed by atoms with E-state index in [1.54, 1.807) is 42.5 Å². The zero-order valence-corrected chi connectivity index (χ0v) is 19.7. The smallest absolute Gasteiger partial charge is 0.343 e. The van der Waals surface area contributed by atoms with Gasteiger partial charge in [-0.3, -0.25) is 4.79 Å². The van der Waals surface area contributed by atoms with Gasteiger partial charge in [0.05, 0.1) is 11.3 Å². The average molecular weight is 479 g/mol. The van der Waals surface area contributed by atoms with Gasteiger partial charge in [0.1, 0.15) is 5.75 Å². The molecule has 7 nitrogen and oxygen atoms in total. The lowest BCUT2D eigenvalue weighted by atomic mass is 10.1. The second-order valence-electron chi connectivity index (χ2n) is 7.62. The number of amides is 1. The summed E-state index contributed by atoms with van der Waals surface area (Å²) in [6.07, 6.45) is 0.825. The Morgan fingerprint density at radius 1 is 1.00 bits per heavy atom. The molecule has 176 valence electrons. The molecule has 0 heterocycles. The Morgan fingerprint density at radius 2 is 1.71 bits per heavy atom. The average Bonchev–Trinajstić information content (AvgIpc) is 2.82.